The van der Waals surface area contributed by atoms with E-state index in [1.807, 2.05) is 35.5 Å². The van der Waals surface area contributed by atoms with Gasteiger partial charge in [-0.25, -0.2) is 9.50 Å². The molecule has 3 aliphatic rings. The summed E-state index contributed by atoms with van der Waals surface area (Å²) in [5, 5.41) is 13.6. The molecule has 3 saturated heterocycles. The largest absolute Gasteiger partial charge is 0.494 e. The van der Waals surface area contributed by atoms with Crippen LogP contribution in [0.1, 0.15) is 12.0 Å². The summed E-state index contributed by atoms with van der Waals surface area (Å²) in [6.07, 6.45) is 7.46. The van der Waals surface area contributed by atoms with Crippen molar-refractivity contribution in [2.45, 2.75) is 18.5 Å². The molecule has 0 aliphatic carbocycles. The second-order valence-corrected chi connectivity index (χ2v) is 9.50. The molecule has 3 fully saturated rings. The fourth-order valence-corrected chi connectivity index (χ4v) is 5.60. The SMILES string of the molecule is C=CC(=O)N1CC(C(=O)N2C[C@H]3C[C@@H]2CN3c2ccc(-c3cc(OC)c4c(C#N)cnn4c3)cn2)C1. The molecule has 0 N–H and O–H groups in total. The minimum absolute atomic E-state index is 0.104. The van der Waals surface area contributed by atoms with E-state index >= 15 is 0 Å². The first-order valence-corrected chi connectivity index (χ1v) is 11.9. The smallest absolute Gasteiger partial charge is 0.246 e. The van der Waals surface area contributed by atoms with Gasteiger partial charge in [-0.15, -0.1) is 0 Å². The highest BCUT2D eigenvalue weighted by atomic mass is 16.5. The molecule has 0 spiro atoms. The Balaban J connectivity index is 1.14. The molecule has 3 aromatic heterocycles. The Kier molecular flexibility index (Phi) is 5.14. The number of carbonyl (C=O) groups is 2. The number of rotatable bonds is 5. The Morgan fingerprint density at radius 2 is 2.00 bits per heavy atom. The van der Waals surface area contributed by atoms with Gasteiger partial charge in [-0.2, -0.15) is 10.4 Å². The molecular formula is C26H25N7O3. The maximum atomic E-state index is 13.0. The van der Waals surface area contributed by atoms with Crippen molar-refractivity contribution in [3.8, 4) is 22.9 Å². The first kappa shape index (κ1) is 22.1. The molecule has 2 atom stereocenters. The van der Waals surface area contributed by atoms with Gasteiger partial charge < -0.3 is 19.4 Å². The molecule has 10 heteroatoms. The second kappa shape index (κ2) is 8.37. The Morgan fingerprint density at radius 3 is 2.64 bits per heavy atom. The quantitative estimate of drug-likeness (QED) is 0.509. The zero-order valence-corrected chi connectivity index (χ0v) is 19.9. The lowest BCUT2D eigenvalue weighted by Crippen LogP contribution is -2.59. The van der Waals surface area contributed by atoms with Crippen LogP contribution in [0.2, 0.25) is 0 Å². The number of likely N-dealkylation sites (tertiary alicyclic amines) is 2. The molecule has 0 aromatic carbocycles. The highest BCUT2D eigenvalue weighted by Crippen LogP contribution is 2.36. The van der Waals surface area contributed by atoms with E-state index in [0.29, 0.717) is 36.5 Å². The van der Waals surface area contributed by atoms with Gasteiger partial charge in [-0.05, 0) is 30.7 Å². The van der Waals surface area contributed by atoms with Gasteiger partial charge in [-0.3, -0.25) is 9.59 Å². The molecule has 3 aromatic rings. The number of pyridine rings is 2. The Hall–Kier alpha value is -4.39. The highest BCUT2D eigenvalue weighted by Gasteiger charge is 2.48. The van der Waals surface area contributed by atoms with Crippen LogP contribution in [0.5, 0.6) is 5.75 Å². The molecule has 6 rings (SSSR count). The van der Waals surface area contributed by atoms with Crippen molar-refractivity contribution in [2.75, 3.05) is 38.2 Å². The molecule has 0 saturated carbocycles. The van der Waals surface area contributed by atoms with Crippen molar-refractivity contribution in [2.24, 2.45) is 5.92 Å². The van der Waals surface area contributed by atoms with Crippen molar-refractivity contribution in [3.63, 3.8) is 0 Å². The van der Waals surface area contributed by atoms with Gasteiger partial charge in [0.2, 0.25) is 11.8 Å². The number of aromatic nitrogens is 3. The summed E-state index contributed by atoms with van der Waals surface area (Å²) in [4.78, 5) is 35.3. The number of anilines is 1. The van der Waals surface area contributed by atoms with Crippen LogP contribution in [-0.2, 0) is 9.59 Å². The zero-order valence-electron chi connectivity index (χ0n) is 19.9. The van der Waals surface area contributed by atoms with Gasteiger partial charge in [0.05, 0.1) is 31.3 Å². The topological polar surface area (TPSA) is 107 Å². The van der Waals surface area contributed by atoms with E-state index in [2.05, 4.69) is 22.6 Å². The summed E-state index contributed by atoms with van der Waals surface area (Å²) >= 11 is 0. The Labute approximate surface area is 208 Å². The Morgan fingerprint density at radius 1 is 1.17 bits per heavy atom. The maximum absolute atomic E-state index is 13.0. The van der Waals surface area contributed by atoms with E-state index < -0.39 is 0 Å². The lowest BCUT2D eigenvalue weighted by molar-refractivity contribution is -0.147. The van der Waals surface area contributed by atoms with Crippen molar-refractivity contribution >= 4 is 23.1 Å². The maximum Gasteiger partial charge on any atom is 0.246 e. The van der Waals surface area contributed by atoms with Crippen molar-refractivity contribution in [1.82, 2.24) is 24.4 Å². The van der Waals surface area contributed by atoms with Gasteiger partial charge in [0, 0.05) is 49.7 Å². The van der Waals surface area contributed by atoms with Gasteiger partial charge in [0.1, 0.15) is 28.7 Å². The molecule has 0 unspecified atom stereocenters. The predicted molar refractivity (Wildman–Crippen MR) is 131 cm³/mol. The molecule has 3 aliphatic heterocycles. The number of nitriles is 1. The summed E-state index contributed by atoms with van der Waals surface area (Å²) < 4.78 is 7.17. The van der Waals surface area contributed by atoms with Crippen LogP contribution in [-0.4, -0.2) is 81.6 Å². The number of methoxy groups -OCH3 is 1. The number of piperazine rings is 1. The monoisotopic (exact) mass is 483 g/mol. The zero-order chi connectivity index (χ0) is 25.0. The average molecular weight is 484 g/mol. The van der Waals surface area contributed by atoms with Crippen molar-refractivity contribution in [3.05, 3.63) is 55.0 Å². The normalized spacial score (nSPS) is 20.9. The molecule has 2 bridgehead atoms. The number of ether oxygens (including phenoxy) is 1. The lowest BCUT2D eigenvalue weighted by atomic mass is 9.97. The molecule has 10 nitrogen and oxygen atoms in total. The minimum Gasteiger partial charge on any atom is -0.494 e. The minimum atomic E-state index is -0.113. The highest BCUT2D eigenvalue weighted by molar-refractivity contribution is 5.90. The number of carbonyl (C=O) groups excluding carboxylic acids is 2. The summed E-state index contributed by atoms with van der Waals surface area (Å²) in [5.41, 5.74) is 2.90. The van der Waals surface area contributed by atoms with E-state index in [4.69, 9.17) is 9.72 Å². The van der Waals surface area contributed by atoms with Gasteiger partial charge in [0.25, 0.3) is 0 Å². The molecule has 36 heavy (non-hydrogen) atoms. The fourth-order valence-electron chi connectivity index (χ4n) is 5.60. The van der Waals surface area contributed by atoms with Crippen LogP contribution in [0, 0.1) is 17.2 Å². The standard InChI is InChI=1S/C26H25N7O3/c1-3-24(34)30-11-19(12-30)26(35)32-15-20-7-21(32)14-31(20)23-5-4-16(9-28-23)17-6-22(36-2)25-18(8-27)10-29-33(25)13-17/h3-6,9-10,13,19-21H,1,7,11-12,14-15H2,2H3/t20-,21-/m1/s1. The van der Waals surface area contributed by atoms with E-state index in [1.54, 1.807) is 16.5 Å². The van der Waals surface area contributed by atoms with Gasteiger partial charge in [0.15, 0.2) is 0 Å². The molecule has 2 amide bonds. The first-order chi connectivity index (χ1) is 17.5. The third-order valence-electron chi connectivity index (χ3n) is 7.53. The summed E-state index contributed by atoms with van der Waals surface area (Å²) in [7, 11) is 1.58. The van der Waals surface area contributed by atoms with E-state index in [9.17, 15) is 14.9 Å². The van der Waals surface area contributed by atoms with Crippen LogP contribution >= 0.6 is 0 Å². The average Bonchev–Trinajstić information content (AvgIpc) is 3.61. The van der Waals surface area contributed by atoms with Gasteiger partial charge in [-0.1, -0.05) is 6.58 Å². The number of fused-ring (bicyclic) bond motifs is 3. The van der Waals surface area contributed by atoms with Crippen LogP contribution in [0.4, 0.5) is 5.82 Å². The molecular weight excluding hydrogens is 458 g/mol. The van der Waals surface area contributed by atoms with Crippen LogP contribution < -0.4 is 9.64 Å². The number of hydrogen-bond acceptors (Lipinski definition) is 7. The number of nitrogens with zero attached hydrogens (tertiary/aromatic N) is 7. The van der Waals surface area contributed by atoms with Crippen molar-refractivity contribution in [1.29, 1.82) is 5.26 Å². The molecule has 0 radical (unpaired) electrons. The molecule has 182 valence electrons. The summed E-state index contributed by atoms with van der Waals surface area (Å²) in [6, 6.07) is 8.48. The van der Waals surface area contributed by atoms with E-state index in [0.717, 1.165) is 29.9 Å². The molecule has 6 heterocycles. The third-order valence-corrected chi connectivity index (χ3v) is 7.53. The van der Waals surface area contributed by atoms with Crippen LogP contribution in [0.25, 0.3) is 16.6 Å². The number of amides is 2. The Bertz CT molecular complexity index is 1420. The fraction of sp³-hybridized carbons (Fsp3) is 0.346. The van der Waals surface area contributed by atoms with E-state index in [1.165, 1.54) is 12.3 Å². The van der Waals surface area contributed by atoms with Crippen LogP contribution in [0.15, 0.2) is 49.4 Å². The predicted octanol–water partition coefficient (Wildman–Crippen LogP) is 1.71. The van der Waals surface area contributed by atoms with Gasteiger partial charge >= 0.3 is 0 Å². The third kappa shape index (κ3) is 3.39. The first-order valence-electron chi connectivity index (χ1n) is 11.9. The lowest BCUT2D eigenvalue weighted by Gasteiger charge is -2.42. The summed E-state index contributed by atoms with van der Waals surface area (Å²) in [6.45, 7) is 5.92. The number of hydrogen-bond donors (Lipinski definition) is 0. The second-order valence-electron chi connectivity index (χ2n) is 9.50. The van der Waals surface area contributed by atoms with Crippen LogP contribution in [0.3, 0.4) is 0 Å². The summed E-state index contributed by atoms with van der Waals surface area (Å²) in [5.74, 6) is 1.41. The van der Waals surface area contributed by atoms with Crippen molar-refractivity contribution < 1.29 is 14.3 Å². The van der Waals surface area contributed by atoms with E-state index in [-0.39, 0.29) is 29.8 Å².